The first-order valence-corrected chi connectivity index (χ1v) is 5.36. The van der Waals surface area contributed by atoms with Gasteiger partial charge < -0.3 is 5.73 Å². The Morgan fingerprint density at radius 2 is 2.31 bits per heavy atom. The first-order valence-electron chi connectivity index (χ1n) is 4.48. The molecule has 3 heteroatoms. The van der Waals surface area contributed by atoms with Gasteiger partial charge in [-0.05, 0) is 30.4 Å². The second-order valence-corrected chi connectivity index (χ2v) is 4.46. The van der Waals surface area contributed by atoms with Crippen LogP contribution in [0, 0.1) is 0 Å². The highest BCUT2D eigenvalue weighted by Crippen LogP contribution is 2.41. The maximum absolute atomic E-state index is 5.94. The molecule has 0 amide bonds. The molecule has 3 rings (SSSR count). The lowest BCUT2D eigenvalue weighted by Gasteiger charge is -2.00. The predicted octanol–water partition coefficient (Wildman–Crippen LogP) is 2.76. The Balaban J connectivity index is 2.27. The number of pyridine rings is 1. The highest BCUT2D eigenvalue weighted by Gasteiger charge is 2.25. The van der Waals surface area contributed by atoms with E-state index >= 15 is 0 Å². The Bertz CT molecular complexity index is 457. The Hall–Kier alpha value is -1.09. The van der Waals surface area contributed by atoms with Crippen molar-refractivity contribution < 1.29 is 0 Å². The van der Waals surface area contributed by atoms with Gasteiger partial charge in [-0.15, -0.1) is 11.3 Å². The molecule has 0 atom stereocenters. The lowest BCUT2D eigenvalue weighted by atomic mass is 10.2. The van der Waals surface area contributed by atoms with Crippen molar-refractivity contribution in [3.63, 3.8) is 0 Å². The van der Waals surface area contributed by atoms with Crippen LogP contribution in [-0.2, 0) is 0 Å². The minimum absolute atomic E-state index is 0.687. The molecule has 0 aliphatic heterocycles. The van der Waals surface area contributed by atoms with E-state index in [1.165, 1.54) is 18.5 Å². The van der Waals surface area contributed by atoms with E-state index in [1.807, 2.05) is 17.5 Å². The summed E-state index contributed by atoms with van der Waals surface area (Å²) >= 11 is 1.67. The molecule has 0 aromatic carbocycles. The predicted molar refractivity (Wildman–Crippen MR) is 56.0 cm³/mol. The second kappa shape index (κ2) is 2.45. The summed E-state index contributed by atoms with van der Waals surface area (Å²) in [4.78, 5) is 4.59. The zero-order valence-corrected chi connectivity index (χ0v) is 7.97. The van der Waals surface area contributed by atoms with Crippen molar-refractivity contribution in [1.82, 2.24) is 4.98 Å². The van der Waals surface area contributed by atoms with Crippen LogP contribution in [0.3, 0.4) is 0 Å². The minimum Gasteiger partial charge on any atom is -0.397 e. The second-order valence-electron chi connectivity index (χ2n) is 3.55. The average Bonchev–Trinajstić information content (AvgIpc) is 2.85. The lowest BCUT2D eigenvalue weighted by Crippen LogP contribution is -1.91. The maximum Gasteiger partial charge on any atom is 0.0834 e. The van der Waals surface area contributed by atoms with Gasteiger partial charge in [-0.25, -0.2) is 0 Å². The van der Waals surface area contributed by atoms with E-state index < -0.39 is 0 Å². The van der Waals surface area contributed by atoms with E-state index in [0.717, 1.165) is 15.9 Å². The molecular formula is C10H10N2S. The van der Waals surface area contributed by atoms with E-state index in [9.17, 15) is 0 Å². The Morgan fingerprint density at radius 3 is 3.08 bits per heavy atom. The fraction of sp³-hybridized carbons (Fsp3) is 0.300. The number of hydrogen-bond donors (Lipinski definition) is 1. The van der Waals surface area contributed by atoms with Crippen LogP contribution in [0.1, 0.15) is 24.5 Å². The summed E-state index contributed by atoms with van der Waals surface area (Å²) < 4.78 is 1.13. The van der Waals surface area contributed by atoms with Gasteiger partial charge >= 0.3 is 0 Å². The fourth-order valence-electron chi connectivity index (χ4n) is 1.59. The molecule has 2 aromatic heterocycles. The van der Waals surface area contributed by atoms with Crippen molar-refractivity contribution >= 4 is 27.2 Å². The van der Waals surface area contributed by atoms with Gasteiger partial charge in [0.05, 0.1) is 15.9 Å². The molecule has 13 heavy (non-hydrogen) atoms. The zero-order valence-electron chi connectivity index (χ0n) is 7.16. The van der Waals surface area contributed by atoms with Gasteiger partial charge in [0.2, 0.25) is 0 Å². The third-order valence-electron chi connectivity index (χ3n) is 2.46. The third-order valence-corrected chi connectivity index (χ3v) is 3.41. The number of rotatable bonds is 1. The van der Waals surface area contributed by atoms with Crippen LogP contribution in [0.25, 0.3) is 10.2 Å². The minimum atomic E-state index is 0.687. The molecule has 2 aromatic rings. The summed E-state index contributed by atoms with van der Waals surface area (Å²) in [5.74, 6) is 0.687. The summed E-state index contributed by atoms with van der Waals surface area (Å²) in [6.45, 7) is 0. The van der Waals surface area contributed by atoms with Crippen molar-refractivity contribution in [1.29, 1.82) is 0 Å². The number of hydrogen-bond acceptors (Lipinski definition) is 3. The smallest absolute Gasteiger partial charge is 0.0834 e. The summed E-state index contributed by atoms with van der Waals surface area (Å²) in [6.07, 6.45) is 2.56. The number of nitrogens with two attached hydrogens (primary N) is 1. The van der Waals surface area contributed by atoms with Gasteiger partial charge in [0.1, 0.15) is 0 Å². The number of thiophene rings is 1. The summed E-state index contributed by atoms with van der Waals surface area (Å²) in [7, 11) is 0. The molecule has 2 heterocycles. The monoisotopic (exact) mass is 190 g/mol. The normalized spacial score (nSPS) is 16.6. The molecule has 66 valence electrons. The van der Waals surface area contributed by atoms with Gasteiger partial charge in [-0.2, -0.15) is 0 Å². The van der Waals surface area contributed by atoms with Gasteiger partial charge in [-0.1, -0.05) is 0 Å². The largest absolute Gasteiger partial charge is 0.397 e. The fourth-order valence-corrected chi connectivity index (χ4v) is 2.35. The van der Waals surface area contributed by atoms with E-state index in [-0.39, 0.29) is 0 Å². The molecule has 1 fully saturated rings. The molecule has 2 N–H and O–H groups in total. The van der Waals surface area contributed by atoms with Crippen molar-refractivity contribution in [3.8, 4) is 0 Å². The van der Waals surface area contributed by atoms with Gasteiger partial charge in [0, 0.05) is 11.6 Å². The third kappa shape index (κ3) is 1.11. The molecule has 0 unspecified atom stereocenters. The van der Waals surface area contributed by atoms with Crippen LogP contribution < -0.4 is 5.73 Å². The van der Waals surface area contributed by atoms with Gasteiger partial charge in [0.25, 0.3) is 0 Å². The molecule has 1 aliphatic rings. The number of nitrogens with zero attached hydrogens (tertiary/aromatic N) is 1. The van der Waals surface area contributed by atoms with Crippen molar-refractivity contribution in [3.05, 3.63) is 23.2 Å². The Morgan fingerprint density at radius 1 is 1.46 bits per heavy atom. The highest BCUT2D eigenvalue weighted by molar-refractivity contribution is 7.17. The van der Waals surface area contributed by atoms with Crippen molar-refractivity contribution in [2.24, 2.45) is 0 Å². The standard InChI is InChI=1S/C10H10N2S/c11-7-5-9(6-1-2-6)12-8-3-4-13-10(7)8/h3-6H,1-2H2,(H2,11,12). The molecule has 0 saturated heterocycles. The number of fused-ring (bicyclic) bond motifs is 1. The Labute approximate surface area is 80.4 Å². The van der Waals surface area contributed by atoms with E-state index in [2.05, 4.69) is 4.98 Å². The molecule has 1 saturated carbocycles. The topological polar surface area (TPSA) is 38.9 Å². The highest BCUT2D eigenvalue weighted by atomic mass is 32.1. The van der Waals surface area contributed by atoms with Crippen LogP contribution >= 0.6 is 11.3 Å². The number of aromatic nitrogens is 1. The molecule has 0 bridgehead atoms. The number of nitrogen functional groups attached to an aromatic ring is 1. The van der Waals surface area contributed by atoms with E-state index in [1.54, 1.807) is 11.3 Å². The SMILES string of the molecule is Nc1cc(C2CC2)nc2ccsc12. The lowest BCUT2D eigenvalue weighted by molar-refractivity contribution is 1.05. The molecule has 0 radical (unpaired) electrons. The van der Waals surface area contributed by atoms with Crippen LogP contribution in [0.15, 0.2) is 17.5 Å². The summed E-state index contributed by atoms with van der Waals surface area (Å²) in [5.41, 5.74) is 9.07. The van der Waals surface area contributed by atoms with Crippen LogP contribution in [-0.4, -0.2) is 4.98 Å². The first kappa shape index (κ1) is 7.33. The molecule has 2 nitrogen and oxygen atoms in total. The van der Waals surface area contributed by atoms with Crippen molar-refractivity contribution in [2.45, 2.75) is 18.8 Å². The number of anilines is 1. The first-order chi connectivity index (χ1) is 6.34. The molecule has 0 spiro atoms. The average molecular weight is 190 g/mol. The molecular weight excluding hydrogens is 180 g/mol. The maximum atomic E-state index is 5.94. The van der Waals surface area contributed by atoms with Crippen LogP contribution in [0.4, 0.5) is 5.69 Å². The Kier molecular flexibility index (Phi) is 1.38. The van der Waals surface area contributed by atoms with Gasteiger partial charge in [0.15, 0.2) is 0 Å². The van der Waals surface area contributed by atoms with Crippen LogP contribution in [0.5, 0.6) is 0 Å². The van der Waals surface area contributed by atoms with Crippen molar-refractivity contribution in [2.75, 3.05) is 5.73 Å². The summed E-state index contributed by atoms with van der Waals surface area (Å²) in [5, 5.41) is 2.05. The quantitative estimate of drug-likeness (QED) is 0.751. The zero-order chi connectivity index (χ0) is 8.84. The van der Waals surface area contributed by atoms with Crippen LogP contribution in [0.2, 0.25) is 0 Å². The van der Waals surface area contributed by atoms with E-state index in [0.29, 0.717) is 5.92 Å². The summed E-state index contributed by atoms with van der Waals surface area (Å²) in [6, 6.07) is 4.08. The van der Waals surface area contributed by atoms with E-state index in [4.69, 9.17) is 5.73 Å². The van der Waals surface area contributed by atoms with Gasteiger partial charge in [-0.3, -0.25) is 4.98 Å². The molecule has 1 aliphatic carbocycles.